The minimum absolute atomic E-state index is 0.193. The van der Waals surface area contributed by atoms with E-state index in [1.165, 1.54) is 0 Å². The lowest BCUT2D eigenvalue weighted by atomic mass is 10.1. The van der Waals surface area contributed by atoms with Crippen LogP contribution < -0.4 is 10.6 Å². The van der Waals surface area contributed by atoms with Gasteiger partial charge in [0.05, 0.1) is 0 Å². The van der Waals surface area contributed by atoms with Crippen LogP contribution in [0.1, 0.15) is 32.6 Å². The molecule has 0 spiro atoms. The Morgan fingerprint density at radius 3 is 2.18 bits per heavy atom. The van der Waals surface area contributed by atoms with Crippen molar-refractivity contribution in [1.82, 2.24) is 5.32 Å². The van der Waals surface area contributed by atoms with Crippen molar-refractivity contribution in [3.8, 4) is 0 Å². The van der Waals surface area contributed by atoms with E-state index in [2.05, 4.69) is 10.6 Å². The van der Waals surface area contributed by atoms with Crippen molar-refractivity contribution in [2.75, 3.05) is 5.32 Å². The Kier molecular flexibility index (Phi) is 4.93. The molecular weight excluding hydrogens is 292 g/mol. The van der Waals surface area contributed by atoms with Crippen molar-refractivity contribution < 1.29 is 4.79 Å². The summed E-state index contributed by atoms with van der Waals surface area (Å²) in [5.74, 6) is -0.193. The number of nitrogens with one attached hydrogen (secondary N) is 2. The number of benzene rings is 2. The van der Waals surface area contributed by atoms with Gasteiger partial charge in [-0.2, -0.15) is 0 Å². The number of rotatable bonds is 2. The van der Waals surface area contributed by atoms with Crippen molar-refractivity contribution in [1.29, 1.82) is 0 Å². The number of aryl methyl sites for hydroxylation is 4. The molecule has 2 rings (SSSR count). The third-order valence-electron chi connectivity index (χ3n) is 3.57. The van der Waals surface area contributed by atoms with E-state index in [-0.39, 0.29) is 5.91 Å². The molecule has 0 saturated heterocycles. The first-order valence-corrected chi connectivity index (χ1v) is 7.55. The minimum Gasteiger partial charge on any atom is -0.332 e. The smallest absolute Gasteiger partial charge is 0.257 e. The van der Waals surface area contributed by atoms with Crippen LogP contribution in [0.2, 0.25) is 0 Å². The van der Waals surface area contributed by atoms with E-state index in [1.807, 2.05) is 64.1 Å². The van der Waals surface area contributed by atoms with E-state index in [0.717, 1.165) is 27.9 Å². The Labute approximate surface area is 136 Å². The van der Waals surface area contributed by atoms with Gasteiger partial charge in [-0.3, -0.25) is 10.1 Å². The second kappa shape index (κ2) is 6.71. The summed E-state index contributed by atoms with van der Waals surface area (Å²) in [5.41, 5.74) is 5.81. The molecule has 3 nitrogen and oxygen atoms in total. The molecule has 0 radical (unpaired) electrons. The number of para-hydroxylation sites is 1. The predicted molar refractivity (Wildman–Crippen MR) is 95.5 cm³/mol. The Morgan fingerprint density at radius 1 is 0.955 bits per heavy atom. The number of hydrogen-bond donors (Lipinski definition) is 2. The van der Waals surface area contributed by atoms with Crippen LogP contribution in [0.15, 0.2) is 36.4 Å². The van der Waals surface area contributed by atoms with E-state index >= 15 is 0 Å². The molecule has 0 aliphatic carbocycles. The maximum atomic E-state index is 12.3. The predicted octanol–water partition coefficient (Wildman–Crippen LogP) is 4.05. The zero-order valence-corrected chi connectivity index (χ0v) is 14.1. The van der Waals surface area contributed by atoms with Gasteiger partial charge in [-0.05, 0) is 62.7 Å². The number of carbonyl (C=O) groups excluding carboxylic acids is 1. The van der Waals surface area contributed by atoms with Crippen molar-refractivity contribution in [3.63, 3.8) is 0 Å². The lowest BCUT2D eigenvalue weighted by Gasteiger charge is -2.14. The largest absolute Gasteiger partial charge is 0.332 e. The van der Waals surface area contributed by atoms with Crippen LogP contribution in [0.25, 0.3) is 0 Å². The van der Waals surface area contributed by atoms with Crippen LogP contribution in [0, 0.1) is 27.7 Å². The summed E-state index contributed by atoms with van der Waals surface area (Å²) in [4.78, 5) is 12.3. The van der Waals surface area contributed by atoms with Gasteiger partial charge in [0.15, 0.2) is 5.11 Å². The zero-order chi connectivity index (χ0) is 16.3. The van der Waals surface area contributed by atoms with Crippen LogP contribution >= 0.6 is 12.2 Å². The fourth-order valence-corrected chi connectivity index (χ4v) is 2.59. The summed E-state index contributed by atoms with van der Waals surface area (Å²) >= 11 is 5.26. The second-order valence-corrected chi connectivity index (χ2v) is 5.90. The van der Waals surface area contributed by atoms with Crippen molar-refractivity contribution in [2.45, 2.75) is 27.7 Å². The highest BCUT2D eigenvalue weighted by Gasteiger charge is 2.12. The van der Waals surface area contributed by atoms with E-state index < -0.39 is 0 Å². The van der Waals surface area contributed by atoms with E-state index in [1.54, 1.807) is 0 Å². The Balaban J connectivity index is 2.10. The zero-order valence-electron chi connectivity index (χ0n) is 13.3. The molecule has 0 saturated carbocycles. The van der Waals surface area contributed by atoms with Gasteiger partial charge < -0.3 is 5.32 Å². The highest BCUT2D eigenvalue weighted by molar-refractivity contribution is 7.80. The molecule has 0 fully saturated rings. The van der Waals surface area contributed by atoms with E-state index in [0.29, 0.717) is 10.7 Å². The fourth-order valence-electron chi connectivity index (χ4n) is 2.40. The molecule has 2 aromatic carbocycles. The molecule has 2 N–H and O–H groups in total. The van der Waals surface area contributed by atoms with Crippen LogP contribution in [-0.4, -0.2) is 11.0 Å². The quantitative estimate of drug-likeness (QED) is 0.822. The molecule has 0 aromatic heterocycles. The Hall–Kier alpha value is -2.20. The van der Waals surface area contributed by atoms with Gasteiger partial charge in [-0.1, -0.05) is 35.9 Å². The lowest BCUT2D eigenvalue weighted by molar-refractivity contribution is 0.0977. The number of carbonyl (C=O) groups is 1. The van der Waals surface area contributed by atoms with Crippen molar-refractivity contribution in [3.05, 3.63) is 64.2 Å². The van der Waals surface area contributed by atoms with Gasteiger partial charge in [0.2, 0.25) is 0 Å². The molecule has 0 aliphatic rings. The van der Waals surface area contributed by atoms with Gasteiger partial charge in [0, 0.05) is 11.3 Å². The van der Waals surface area contributed by atoms with E-state index in [4.69, 9.17) is 12.2 Å². The Bertz CT molecular complexity index is 718. The summed E-state index contributed by atoms with van der Waals surface area (Å²) in [7, 11) is 0. The summed E-state index contributed by atoms with van der Waals surface area (Å²) in [6, 6.07) is 11.7. The summed E-state index contributed by atoms with van der Waals surface area (Å²) in [6.07, 6.45) is 0. The average Bonchev–Trinajstić information content (AvgIpc) is 2.42. The summed E-state index contributed by atoms with van der Waals surface area (Å²) in [6.45, 7) is 7.93. The average molecular weight is 312 g/mol. The van der Waals surface area contributed by atoms with Gasteiger partial charge in [-0.15, -0.1) is 0 Å². The number of hydrogen-bond acceptors (Lipinski definition) is 2. The first kappa shape index (κ1) is 16.2. The normalized spacial score (nSPS) is 10.2. The van der Waals surface area contributed by atoms with Gasteiger partial charge in [0.25, 0.3) is 5.91 Å². The van der Waals surface area contributed by atoms with Crippen LogP contribution in [0.4, 0.5) is 5.69 Å². The highest BCUT2D eigenvalue weighted by Crippen LogP contribution is 2.19. The van der Waals surface area contributed by atoms with Crippen molar-refractivity contribution >= 4 is 28.9 Å². The number of thiocarbonyl (C=S) groups is 1. The molecule has 0 heterocycles. The third-order valence-corrected chi connectivity index (χ3v) is 3.78. The lowest BCUT2D eigenvalue weighted by Crippen LogP contribution is -2.34. The minimum atomic E-state index is -0.193. The SMILES string of the molecule is Cc1ccc(C(=O)NC(=S)Nc2c(C)cccc2C)c(C)c1. The van der Waals surface area contributed by atoms with Crippen LogP contribution in [-0.2, 0) is 0 Å². The monoisotopic (exact) mass is 312 g/mol. The maximum absolute atomic E-state index is 12.3. The molecule has 4 heteroatoms. The first-order chi connectivity index (χ1) is 10.4. The topological polar surface area (TPSA) is 41.1 Å². The maximum Gasteiger partial charge on any atom is 0.257 e. The summed E-state index contributed by atoms with van der Waals surface area (Å²) in [5, 5.41) is 6.16. The standard InChI is InChI=1S/C18H20N2OS/c1-11-8-9-15(14(4)10-11)17(21)20-18(22)19-16-12(2)6-5-7-13(16)3/h5-10H,1-4H3,(H2,19,20,21,22). The van der Waals surface area contributed by atoms with Gasteiger partial charge >= 0.3 is 0 Å². The molecule has 0 aliphatic heterocycles. The molecule has 1 amide bonds. The molecular formula is C18H20N2OS. The molecule has 2 aromatic rings. The first-order valence-electron chi connectivity index (χ1n) is 7.14. The fraction of sp³-hybridized carbons (Fsp3) is 0.222. The highest BCUT2D eigenvalue weighted by atomic mass is 32.1. The van der Waals surface area contributed by atoms with Crippen molar-refractivity contribution in [2.24, 2.45) is 0 Å². The van der Waals surface area contributed by atoms with E-state index in [9.17, 15) is 4.79 Å². The molecule has 0 unspecified atom stereocenters. The van der Waals surface area contributed by atoms with Gasteiger partial charge in [-0.25, -0.2) is 0 Å². The second-order valence-electron chi connectivity index (χ2n) is 5.49. The molecule has 114 valence electrons. The Morgan fingerprint density at radius 2 is 1.59 bits per heavy atom. The van der Waals surface area contributed by atoms with Crippen LogP contribution in [0.5, 0.6) is 0 Å². The molecule has 0 bridgehead atoms. The van der Waals surface area contributed by atoms with Crippen LogP contribution in [0.3, 0.4) is 0 Å². The summed E-state index contributed by atoms with van der Waals surface area (Å²) < 4.78 is 0. The molecule has 22 heavy (non-hydrogen) atoms. The van der Waals surface area contributed by atoms with Gasteiger partial charge in [0.1, 0.15) is 0 Å². The molecule has 0 atom stereocenters. The third kappa shape index (κ3) is 3.71. The number of amides is 1. The number of anilines is 1.